The van der Waals surface area contributed by atoms with E-state index in [-0.39, 0.29) is 5.91 Å². The standard InChI is InChI=1S/C11H23N3O/c1-3-13(4-2)9-11(15)14-6-5-10(7-12)8-14/h10H,3-9,12H2,1-2H3. The van der Waals surface area contributed by atoms with Gasteiger partial charge in [0.15, 0.2) is 0 Å². The van der Waals surface area contributed by atoms with E-state index in [0.29, 0.717) is 19.0 Å². The van der Waals surface area contributed by atoms with Crippen molar-refractivity contribution in [3.63, 3.8) is 0 Å². The Morgan fingerprint density at radius 2 is 2.13 bits per heavy atom. The first-order valence-corrected chi connectivity index (χ1v) is 5.91. The largest absolute Gasteiger partial charge is 0.341 e. The summed E-state index contributed by atoms with van der Waals surface area (Å²) in [5.74, 6) is 0.778. The molecule has 0 aromatic carbocycles. The quantitative estimate of drug-likeness (QED) is 0.706. The van der Waals surface area contributed by atoms with Crippen LogP contribution in [0.2, 0.25) is 0 Å². The zero-order valence-electron chi connectivity index (χ0n) is 9.91. The van der Waals surface area contributed by atoms with Gasteiger partial charge in [0.2, 0.25) is 5.91 Å². The van der Waals surface area contributed by atoms with Crippen molar-refractivity contribution in [2.45, 2.75) is 20.3 Å². The van der Waals surface area contributed by atoms with Crippen LogP contribution in [0.25, 0.3) is 0 Å². The summed E-state index contributed by atoms with van der Waals surface area (Å²) in [6, 6.07) is 0. The Hall–Kier alpha value is -0.610. The number of hydrogen-bond donors (Lipinski definition) is 1. The Kier molecular flexibility index (Phi) is 5.05. The van der Waals surface area contributed by atoms with Gasteiger partial charge in [-0.3, -0.25) is 9.69 Å². The number of rotatable bonds is 5. The van der Waals surface area contributed by atoms with Gasteiger partial charge in [0.05, 0.1) is 6.54 Å². The van der Waals surface area contributed by atoms with Crippen molar-refractivity contribution in [3.05, 3.63) is 0 Å². The molecule has 1 aliphatic heterocycles. The molecule has 0 aliphatic carbocycles. The van der Waals surface area contributed by atoms with Crippen molar-refractivity contribution in [1.82, 2.24) is 9.80 Å². The van der Waals surface area contributed by atoms with Gasteiger partial charge in [-0.25, -0.2) is 0 Å². The molecule has 88 valence electrons. The molecule has 1 saturated heterocycles. The average Bonchev–Trinajstić information content (AvgIpc) is 2.74. The van der Waals surface area contributed by atoms with E-state index in [9.17, 15) is 4.79 Å². The third kappa shape index (κ3) is 3.47. The third-order valence-corrected chi connectivity index (χ3v) is 3.23. The second-order valence-electron chi connectivity index (χ2n) is 4.19. The Bertz CT molecular complexity index is 204. The first kappa shape index (κ1) is 12.5. The predicted molar refractivity (Wildman–Crippen MR) is 61.5 cm³/mol. The summed E-state index contributed by atoms with van der Waals surface area (Å²) in [5, 5.41) is 0. The van der Waals surface area contributed by atoms with E-state index in [1.807, 2.05) is 4.90 Å². The van der Waals surface area contributed by atoms with Crippen LogP contribution in [0.15, 0.2) is 0 Å². The number of carbonyl (C=O) groups excluding carboxylic acids is 1. The van der Waals surface area contributed by atoms with Crippen molar-refractivity contribution in [3.8, 4) is 0 Å². The van der Waals surface area contributed by atoms with Gasteiger partial charge in [-0.15, -0.1) is 0 Å². The van der Waals surface area contributed by atoms with E-state index >= 15 is 0 Å². The minimum Gasteiger partial charge on any atom is -0.341 e. The van der Waals surface area contributed by atoms with Crippen molar-refractivity contribution in [2.24, 2.45) is 11.7 Å². The van der Waals surface area contributed by atoms with Crippen LogP contribution in [-0.2, 0) is 4.79 Å². The number of amides is 1. The molecule has 1 aliphatic rings. The highest BCUT2D eigenvalue weighted by Crippen LogP contribution is 2.14. The van der Waals surface area contributed by atoms with Gasteiger partial charge in [-0.1, -0.05) is 13.8 Å². The van der Waals surface area contributed by atoms with Gasteiger partial charge in [0.25, 0.3) is 0 Å². The highest BCUT2D eigenvalue weighted by Gasteiger charge is 2.25. The van der Waals surface area contributed by atoms with Crippen LogP contribution in [0.1, 0.15) is 20.3 Å². The molecule has 0 aromatic heterocycles. The molecular weight excluding hydrogens is 190 g/mol. The lowest BCUT2D eigenvalue weighted by Gasteiger charge is -2.22. The lowest BCUT2D eigenvalue weighted by atomic mass is 10.1. The maximum absolute atomic E-state index is 11.9. The average molecular weight is 213 g/mol. The number of likely N-dealkylation sites (N-methyl/N-ethyl adjacent to an activating group) is 1. The van der Waals surface area contributed by atoms with Gasteiger partial charge in [0, 0.05) is 13.1 Å². The minimum atomic E-state index is 0.259. The van der Waals surface area contributed by atoms with Gasteiger partial charge in [-0.2, -0.15) is 0 Å². The molecule has 2 N–H and O–H groups in total. The molecule has 0 bridgehead atoms. The van der Waals surface area contributed by atoms with E-state index in [4.69, 9.17) is 5.73 Å². The summed E-state index contributed by atoms with van der Waals surface area (Å²) in [6.45, 7) is 9.07. The highest BCUT2D eigenvalue weighted by molar-refractivity contribution is 5.78. The fraction of sp³-hybridized carbons (Fsp3) is 0.909. The Morgan fingerprint density at radius 1 is 1.47 bits per heavy atom. The summed E-state index contributed by atoms with van der Waals surface area (Å²) in [6.07, 6.45) is 1.07. The molecule has 0 spiro atoms. The lowest BCUT2D eigenvalue weighted by Crippen LogP contribution is -2.39. The van der Waals surface area contributed by atoms with Crippen molar-refractivity contribution < 1.29 is 4.79 Å². The molecule has 1 amide bonds. The molecular formula is C11H23N3O. The first-order valence-electron chi connectivity index (χ1n) is 5.91. The van der Waals surface area contributed by atoms with Gasteiger partial charge in [0.1, 0.15) is 0 Å². The number of nitrogens with zero attached hydrogens (tertiary/aromatic N) is 2. The van der Waals surface area contributed by atoms with E-state index in [1.165, 1.54) is 0 Å². The SMILES string of the molecule is CCN(CC)CC(=O)N1CCC(CN)C1. The van der Waals surface area contributed by atoms with E-state index in [1.54, 1.807) is 0 Å². The Labute approximate surface area is 92.4 Å². The van der Waals surface area contributed by atoms with Crippen molar-refractivity contribution >= 4 is 5.91 Å². The zero-order chi connectivity index (χ0) is 11.3. The summed E-state index contributed by atoms with van der Waals surface area (Å²) in [5.41, 5.74) is 5.60. The predicted octanol–water partition coefficient (Wildman–Crippen LogP) is 0.135. The monoisotopic (exact) mass is 213 g/mol. The Balaban J connectivity index is 2.34. The lowest BCUT2D eigenvalue weighted by molar-refractivity contribution is -0.131. The Morgan fingerprint density at radius 3 is 2.60 bits per heavy atom. The number of hydrogen-bond acceptors (Lipinski definition) is 3. The summed E-state index contributed by atoms with van der Waals surface area (Å²) in [7, 11) is 0. The second-order valence-corrected chi connectivity index (χ2v) is 4.19. The summed E-state index contributed by atoms with van der Waals surface area (Å²) >= 11 is 0. The van der Waals surface area contributed by atoms with Crippen LogP contribution < -0.4 is 5.73 Å². The molecule has 1 rings (SSSR count). The smallest absolute Gasteiger partial charge is 0.236 e. The van der Waals surface area contributed by atoms with Crippen LogP contribution in [-0.4, -0.2) is 55.0 Å². The minimum absolute atomic E-state index is 0.259. The first-order chi connectivity index (χ1) is 7.21. The zero-order valence-corrected chi connectivity index (χ0v) is 9.91. The molecule has 15 heavy (non-hydrogen) atoms. The molecule has 1 unspecified atom stereocenters. The highest BCUT2D eigenvalue weighted by atomic mass is 16.2. The maximum Gasteiger partial charge on any atom is 0.236 e. The third-order valence-electron chi connectivity index (χ3n) is 3.23. The van der Waals surface area contributed by atoms with Crippen LogP contribution in [0.4, 0.5) is 0 Å². The topological polar surface area (TPSA) is 49.6 Å². The molecule has 0 saturated carbocycles. The molecule has 4 nitrogen and oxygen atoms in total. The molecule has 0 radical (unpaired) electrons. The maximum atomic E-state index is 11.9. The van der Waals surface area contributed by atoms with Crippen LogP contribution in [0, 0.1) is 5.92 Å². The van der Waals surface area contributed by atoms with Gasteiger partial charge in [-0.05, 0) is 32.0 Å². The molecule has 1 heterocycles. The second kappa shape index (κ2) is 6.08. The van der Waals surface area contributed by atoms with Crippen molar-refractivity contribution in [2.75, 3.05) is 39.3 Å². The number of carbonyl (C=O) groups is 1. The summed E-state index contributed by atoms with van der Waals surface area (Å²) < 4.78 is 0. The van der Waals surface area contributed by atoms with E-state index in [2.05, 4.69) is 18.7 Å². The normalized spacial score (nSPS) is 21.3. The van der Waals surface area contributed by atoms with Crippen LogP contribution in [0.3, 0.4) is 0 Å². The molecule has 4 heteroatoms. The fourth-order valence-electron chi connectivity index (χ4n) is 1.99. The molecule has 1 fully saturated rings. The van der Waals surface area contributed by atoms with Gasteiger partial charge < -0.3 is 10.6 Å². The number of likely N-dealkylation sites (tertiary alicyclic amines) is 1. The van der Waals surface area contributed by atoms with Crippen LogP contribution in [0.5, 0.6) is 0 Å². The van der Waals surface area contributed by atoms with E-state index in [0.717, 1.165) is 32.6 Å². The number of nitrogens with two attached hydrogens (primary N) is 1. The summed E-state index contributed by atoms with van der Waals surface area (Å²) in [4.78, 5) is 16.0. The van der Waals surface area contributed by atoms with E-state index < -0.39 is 0 Å². The molecule has 0 aromatic rings. The molecule has 1 atom stereocenters. The van der Waals surface area contributed by atoms with Gasteiger partial charge >= 0.3 is 0 Å². The van der Waals surface area contributed by atoms with Crippen LogP contribution >= 0.6 is 0 Å². The van der Waals surface area contributed by atoms with Crippen molar-refractivity contribution in [1.29, 1.82) is 0 Å². The fourth-order valence-corrected chi connectivity index (χ4v) is 1.99.